The maximum absolute atomic E-state index is 13.3. The fourth-order valence-corrected chi connectivity index (χ4v) is 6.29. The van der Waals surface area contributed by atoms with Crippen molar-refractivity contribution < 1.29 is 8.42 Å². The number of benzene rings is 1. The van der Waals surface area contributed by atoms with Crippen molar-refractivity contribution in [3.8, 4) is 0 Å². The highest BCUT2D eigenvalue weighted by Crippen LogP contribution is 2.35. The molecule has 1 aromatic carbocycles. The Balaban J connectivity index is 1.86. The van der Waals surface area contributed by atoms with Crippen LogP contribution in [-0.2, 0) is 10.0 Å². The van der Waals surface area contributed by atoms with E-state index in [0.29, 0.717) is 5.02 Å². The van der Waals surface area contributed by atoms with Crippen LogP contribution >= 0.6 is 11.6 Å². The standard InChI is InChI=1S/C20H25ClN2O2S/c1-22-11-9-15(10-12-22)19-14-23(20-8-7-16(21)13-18(19)20)26(24,25)17-5-3-2-4-6-17/h7-9,13-14,17H,2-6,10-12H2,1H3. The first kappa shape index (κ1) is 18.1. The minimum atomic E-state index is -3.39. The molecule has 2 aromatic rings. The van der Waals surface area contributed by atoms with Crippen molar-refractivity contribution in [3.63, 3.8) is 0 Å². The molecule has 4 rings (SSSR count). The number of nitrogens with zero attached hydrogens (tertiary/aromatic N) is 2. The van der Waals surface area contributed by atoms with Crippen LogP contribution in [0.1, 0.15) is 44.1 Å². The molecule has 1 saturated carbocycles. The van der Waals surface area contributed by atoms with Gasteiger partial charge >= 0.3 is 0 Å². The third-order valence-electron chi connectivity index (χ3n) is 5.74. The van der Waals surface area contributed by atoms with Gasteiger partial charge in [-0.15, -0.1) is 0 Å². The largest absolute Gasteiger partial charge is 0.302 e. The molecule has 1 aromatic heterocycles. The second kappa shape index (κ2) is 7.02. The van der Waals surface area contributed by atoms with Crippen molar-refractivity contribution in [3.05, 3.63) is 41.1 Å². The second-order valence-electron chi connectivity index (χ2n) is 7.55. The van der Waals surface area contributed by atoms with Gasteiger partial charge in [-0.3, -0.25) is 0 Å². The third kappa shape index (κ3) is 3.21. The zero-order valence-electron chi connectivity index (χ0n) is 15.1. The van der Waals surface area contributed by atoms with Gasteiger partial charge in [-0.2, -0.15) is 0 Å². The summed E-state index contributed by atoms with van der Waals surface area (Å²) >= 11 is 6.24. The Kier molecular flexibility index (Phi) is 4.88. The molecule has 1 fully saturated rings. The van der Waals surface area contributed by atoms with Crippen LogP contribution in [0.4, 0.5) is 0 Å². The summed E-state index contributed by atoms with van der Waals surface area (Å²) in [5.74, 6) is 0. The SMILES string of the molecule is CN1CC=C(c2cn(S(=O)(=O)C3CCCCC3)c3ccc(Cl)cc23)CC1. The molecule has 0 radical (unpaired) electrons. The lowest BCUT2D eigenvalue weighted by Crippen LogP contribution is -2.29. The van der Waals surface area contributed by atoms with E-state index in [2.05, 4.69) is 18.0 Å². The molecule has 140 valence electrons. The Bertz CT molecular complexity index is 956. The Morgan fingerprint density at radius 1 is 1.15 bits per heavy atom. The fourth-order valence-electron chi connectivity index (χ4n) is 4.18. The maximum Gasteiger partial charge on any atom is 0.241 e. The third-order valence-corrected chi connectivity index (χ3v) is 8.14. The molecule has 0 bridgehead atoms. The van der Waals surface area contributed by atoms with Gasteiger partial charge in [-0.1, -0.05) is 36.9 Å². The number of hydrogen-bond acceptors (Lipinski definition) is 3. The van der Waals surface area contributed by atoms with E-state index in [9.17, 15) is 8.42 Å². The molecule has 0 spiro atoms. The highest BCUT2D eigenvalue weighted by atomic mass is 35.5. The van der Waals surface area contributed by atoms with Crippen LogP contribution in [-0.4, -0.2) is 42.7 Å². The normalized spacial score (nSPS) is 20.5. The van der Waals surface area contributed by atoms with E-state index in [0.717, 1.165) is 68.1 Å². The van der Waals surface area contributed by atoms with Gasteiger partial charge in [-0.25, -0.2) is 12.4 Å². The fraction of sp³-hybridized carbons (Fsp3) is 0.500. The monoisotopic (exact) mass is 392 g/mol. The summed E-state index contributed by atoms with van der Waals surface area (Å²) in [5, 5.41) is 1.30. The first-order valence-corrected chi connectivity index (χ1v) is 11.3. The van der Waals surface area contributed by atoms with Crippen LogP contribution in [0.25, 0.3) is 16.5 Å². The van der Waals surface area contributed by atoms with Crippen molar-refractivity contribution in [2.45, 2.75) is 43.8 Å². The smallest absolute Gasteiger partial charge is 0.241 e. The van der Waals surface area contributed by atoms with Gasteiger partial charge in [0.15, 0.2) is 0 Å². The molecular formula is C20H25ClN2O2S. The van der Waals surface area contributed by atoms with Crippen molar-refractivity contribution in [2.24, 2.45) is 0 Å². The molecule has 6 heteroatoms. The summed E-state index contributed by atoms with van der Waals surface area (Å²) in [5.41, 5.74) is 2.97. The summed E-state index contributed by atoms with van der Waals surface area (Å²) in [6, 6.07) is 5.53. The van der Waals surface area contributed by atoms with Gasteiger partial charge in [0.2, 0.25) is 10.0 Å². The van der Waals surface area contributed by atoms with E-state index < -0.39 is 10.0 Å². The van der Waals surface area contributed by atoms with Crippen LogP contribution in [0.5, 0.6) is 0 Å². The molecule has 0 atom stereocenters. The molecule has 2 heterocycles. The molecule has 4 nitrogen and oxygen atoms in total. The zero-order chi connectivity index (χ0) is 18.3. The molecule has 2 aliphatic rings. The maximum atomic E-state index is 13.3. The van der Waals surface area contributed by atoms with Gasteiger partial charge in [0.1, 0.15) is 0 Å². The molecule has 26 heavy (non-hydrogen) atoms. The molecule has 0 saturated heterocycles. The van der Waals surface area contributed by atoms with E-state index in [1.165, 1.54) is 9.55 Å². The number of aromatic nitrogens is 1. The van der Waals surface area contributed by atoms with Crippen molar-refractivity contribution in [1.29, 1.82) is 0 Å². The Labute approximate surface area is 160 Å². The van der Waals surface area contributed by atoms with E-state index >= 15 is 0 Å². The van der Waals surface area contributed by atoms with Crippen LogP contribution in [0, 0.1) is 0 Å². The van der Waals surface area contributed by atoms with Gasteiger partial charge in [0.05, 0.1) is 10.8 Å². The first-order chi connectivity index (χ1) is 12.5. The number of likely N-dealkylation sites (N-methyl/N-ethyl adjacent to an activating group) is 1. The van der Waals surface area contributed by atoms with Crippen LogP contribution in [0.15, 0.2) is 30.5 Å². The predicted molar refractivity (Wildman–Crippen MR) is 108 cm³/mol. The predicted octanol–water partition coefficient (Wildman–Crippen LogP) is 4.52. The highest BCUT2D eigenvalue weighted by Gasteiger charge is 2.31. The topological polar surface area (TPSA) is 42.3 Å². The Morgan fingerprint density at radius 3 is 2.62 bits per heavy atom. The van der Waals surface area contributed by atoms with Crippen molar-refractivity contribution >= 4 is 38.1 Å². The van der Waals surface area contributed by atoms with Crippen molar-refractivity contribution in [1.82, 2.24) is 8.87 Å². The van der Waals surface area contributed by atoms with Crippen LogP contribution in [0.3, 0.4) is 0 Å². The molecule has 1 aliphatic heterocycles. The van der Waals surface area contributed by atoms with E-state index in [1.54, 1.807) is 6.07 Å². The average Bonchev–Trinajstić information content (AvgIpc) is 3.02. The first-order valence-electron chi connectivity index (χ1n) is 9.40. The summed E-state index contributed by atoms with van der Waals surface area (Å²) in [4.78, 5) is 2.26. The number of rotatable bonds is 3. The molecule has 0 unspecified atom stereocenters. The van der Waals surface area contributed by atoms with Gasteiger partial charge in [-0.05, 0) is 50.1 Å². The van der Waals surface area contributed by atoms with Gasteiger partial charge < -0.3 is 4.90 Å². The molecular weight excluding hydrogens is 368 g/mol. The minimum Gasteiger partial charge on any atom is -0.302 e. The Hall–Kier alpha value is -1.30. The van der Waals surface area contributed by atoms with Gasteiger partial charge in [0.25, 0.3) is 0 Å². The van der Waals surface area contributed by atoms with Crippen LogP contribution < -0.4 is 0 Å². The van der Waals surface area contributed by atoms with Crippen molar-refractivity contribution in [2.75, 3.05) is 20.1 Å². The minimum absolute atomic E-state index is 0.276. The van der Waals surface area contributed by atoms with E-state index in [-0.39, 0.29) is 5.25 Å². The van der Waals surface area contributed by atoms with E-state index in [4.69, 9.17) is 11.6 Å². The van der Waals surface area contributed by atoms with Gasteiger partial charge in [0, 0.05) is 35.3 Å². The summed E-state index contributed by atoms with van der Waals surface area (Å²) in [6.07, 6.45) is 9.62. The lowest BCUT2D eigenvalue weighted by Gasteiger charge is -2.23. The molecule has 0 N–H and O–H groups in total. The summed E-state index contributed by atoms with van der Waals surface area (Å²) in [7, 11) is -1.30. The number of halogens is 1. The van der Waals surface area contributed by atoms with E-state index in [1.807, 2.05) is 18.3 Å². The molecule has 1 aliphatic carbocycles. The molecule has 0 amide bonds. The quantitative estimate of drug-likeness (QED) is 0.770. The highest BCUT2D eigenvalue weighted by molar-refractivity contribution is 7.90. The van der Waals surface area contributed by atoms with Crippen LogP contribution in [0.2, 0.25) is 5.02 Å². The zero-order valence-corrected chi connectivity index (χ0v) is 16.7. The summed E-state index contributed by atoms with van der Waals surface area (Å²) < 4.78 is 28.2. The lowest BCUT2D eigenvalue weighted by atomic mass is 9.99. The number of fused-ring (bicyclic) bond motifs is 1. The number of hydrogen-bond donors (Lipinski definition) is 0. The average molecular weight is 393 g/mol. The summed E-state index contributed by atoms with van der Waals surface area (Å²) in [6.45, 7) is 1.87. The lowest BCUT2D eigenvalue weighted by molar-refractivity contribution is 0.370. The second-order valence-corrected chi connectivity index (χ2v) is 10.1. The Morgan fingerprint density at radius 2 is 1.92 bits per heavy atom.